The van der Waals surface area contributed by atoms with E-state index in [1.165, 1.54) is 20.3 Å². The molecule has 0 unspecified atom stereocenters. The van der Waals surface area contributed by atoms with E-state index in [9.17, 15) is 4.39 Å². The molecule has 3 rings (SSSR count). The van der Waals surface area contributed by atoms with Crippen LogP contribution in [0.3, 0.4) is 0 Å². The first-order valence-electron chi connectivity index (χ1n) is 8.06. The standard InChI is InChI=1S/C19H18ClFN4O2/c1-11-8-18(23-14-7-5-4-6-13(14)21)25-19(22-11)24-15-10-16(26-2)12(20)9-17(15)27-3/h4-10H,1-3H3,(H2,22,23,24,25). The van der Waals surface area contributed by atoms with Crippen LogP contribution in [0.25, 0.3) is 0 Å². The van der Waals surface area contributed by atoms with Gasteiger partial charge in [0.2, 0.25) is 5.95 Å². The first-order valence-corrected chi connectivity index (χ1v) is 8.43. The third kappa shape index (κ3) is 4.38. The Hall–Kier alpha value is -3.06. The Morgan fingerprint density at radius 1 is 0.926 bits per heavy atom. The Balaban J connectivity index is 1.92. The molecule has 3 aromatic rings. The fraction of sp³-hybridized carbons (Fsp3) is 0.158. The van der Waals surface area contributed by atoms with Gasteiger partial charge in [-0.05, 0) is 19.1 Å². The number of hydrogen-bond donors (Lipinski definition) is 2. The smallest absolute Gasteiger partial charge is 0.229 e. The van der Waals surface area contributed by atoms with Gasteiger partial charge >= 0.3 is 0 Å². The monoisotopic (exact) mass is 388 g/mol. The zero-order valence-electron chi connectivity index (χ0n) is 15.0. The number of halogens is 2. The minimum atomic E-state index is -0.368. The predicted octanol–water partition coefficient (Wildman–Crippen LogP) is 5.08. The van der Waals surface area contributed by atoms with Crippen molar-refractivity contribution in [2.24, 2.45) is 0 Å². The van der Waals surface area contributed by atoms with E-state index in [2.05, 4.69) is 20.6 Å². The second-order valence-corrected chi connectivity index (χ2v) is 6.04. The molecule has 6 nitrogen and oxygen atoms in total. The lowest BCUT2D eigenvalue weighted by atomic mass is 10.2. The number of methoxy groups -OCH3 is 2. The van der Waals surface area contributed by atoms with Gasteiger partial charge in [0, 0.05) is 23.9 Å². The zero-order chi connectivity index (χ0) is 19.4. The summed E-state index contributed by atoms with van der Waals surface area (Å²) in [4.78, 5) is 8.75. The maximum Gasteiger partial charge on any atom is 0.229 e. The normalized spacial score (nSPS) is 10.4. The molecule has 0 aliphatic carbocycles. The first kappa shape index (κ1) is 18.7. The topological polar surface area (TPSA) is 68.3 Å². The molecule has 0 amide bonds. The number of aromatic nitrogens is 2. The van der Waals surface area contributed by atoms with E-state index in [0.29, 0.717) is 45.4 Å². The van der Waals surface area contributed by atoms with Crippen LogP contribution in [0.2, 0.25) is 5.02 Å². The van der Waals surface area contributed by atoms with Gasteiger partial charge in [-0.25, -0.2) is 9.37 Å². The lowest BCUT2D eigenvalue weighted by Gasteiger charge is -2.14. The second kappa shape index (κ2) is 8.09. The highest BCUT2D eigenvalue weighted by molar-refractivity contribution is 6.32. The predicted molar refractivity (Wildman–Crippen MR) is 104 cm³/mol. The lowest BCUT2D eigenvalue weighted by molar-refractivity contribution is 0.405. The van der Waals surface area contributed by atoms with Crippen LogP contribution in [0.1, 0.15) is 5.69 Å². The van der Waals surface area contributed by atoms with Gasteiger partial charge in [0.25, 0.3) is 0 Å². The van der Waals surface area contributed by atoms with Crippen molar-refractivity contribution in [3.8, 4) is 11.5 Å². The van der Waals surface area contributed by atoms with Crippen molar-refractivity contribution in [3.63, 3.8) is 0 Å². The molecule has 0 aliphatic rings. The number of ether oxygens (including phenoxy) is 2. The molecule has 0 radical (unpaired) electrons. The summed E-state index contributed by atoms with van der Waals surface area (Å²) in [5, 5.41) is 6.47. The quantitative estimate of drug-likeness (QED) is 0.613. The Morgan fingerprint density at radius 2 is 1.67 bits per heavy atom. The van der Waals surface area contributed by atoms with Gasteiger partial charge in [0.1, 0.15) is 23.1 Å². The molecule has 0 bridgehead atoms. The SMILES string of the molecule is COc1cc(Nc2nc(C)cc(Nc3ccccc3F)n2)c(OC)cc1Cl. The fourth-order valence-corrected chi connectivity index (χ4v) is 2.70. The van der Waals surface area contributed by atoms with Crippen LogP contribution in [-0.2, 0) is 0 Å². The van der Waals surface area contributed by atoms with E-state index in [1.807, 2.05) is 6.92 Å². The van der Waals surface area contributed by atoms with E-state index in [0.717, 1.165) is 0 Å². The van der Waals surface area contributed by atoms with Gasteiger partial charge in [-0.1, -0.05) is 23.7 Å². The third-order valence-corrected chi connectivity index (χ3v) is 4.01. The summed E-state index contributed by atoms with van der Waals surface area (Å²) in [5.74, 6) is 1.39. The lowest BCUT2D eigenvalue weighted by Crippen LogP contribution is -2.04. The molecule has 2 N–H and O–H groups in total. The molecule has 2 aromatic carbocycles. The molecule has 140 valence electrons. The maximum absolute atomic E-state index is 13.9. The highest BCUT2D eigenvalue weighted by Crippen LogP contribution is 2.37. The van der Waals surface area contributed by atoms with Crippen molar-refractivity contribution in [1.82, 2.24) is 9.97 Å². The van der Waals surface area contributed by atoms with Crippen LogP contribution >= 0.6 is 11.6 Å². The Kier molecular flexibility index (Phi) is 5.61. The number of benzene rings is 2. The van der Waals surface area contributed by atoms with Crippen LogP contribution < -0.4 is 20.1 Å². The van der Waals surface area contributed by atoms with Crippen molar-refractivity contribution in [2.75, 3.05) is 24.9 Å². The molecule has 1 aromatic heterocycles. The fourth-order valence-electron chi connectivity index (χ4n) is 2.47. The van der Waals surface area contributed by atoms with E-state index in [-0.39, 0.29) is 5.82 Å². The van der Waals surface area contributed by atoms with Crippen molar-refractivity contribution < 1.29 is 13.9 Å². The first-order chi connectivity index (χ1) is 13.0. The van der Waals surface area contributed by atoms with Crippen LogP contribution in [0.15, 0.2) is 42.5 Å². The Labute approximate surface area is 161 Å². The highest BCUT2D eigenvalue weighted by Gasteiger charge is 2.12. The van der Waals surface area contributed by atoms with Gasteiger partial charge in [-0.3, -0.25) is 0 Å². The van der Waals surface area contributed by atoms with E-state index in [1.54, 1.807) is 36.4 Å². The van der Waals surface area contributed by atoms with Crippen molar-refractivity contribution >= 4 is 34.7 Å². The third-order valence-electron chi connectivity index (χ3n) is 3.71. The average Bonchev–Trinajstić information content (AvgIpc) is 2.64. The second-order valence-electron chi connectivity index (χ2n) is 5.64. The van der Waals surface area contributed by atoms with E-state index >= 15 is 0 Å². The van der Waals surface area contributed by atoms with Gasteiger partial charge < -0.3 is 20.1 Å². The van der Waals surface area contributed by atoms with Crippen molar-refractivity contribution in [2.45, 2.75) is 6.92 Å². The summed E-state index contributed by atoms with van der Waals surface area (Å²) in [6, 6.07) is 11.4. The maximum atomic E-state index is 13.9. The number of para-hydroxylation sites is 1. The molecule has 1 heterocycles. The summed E-state index contributed by atoms with van der Waals surface area (Å²) in [5.41, 5.74) is 1.61. The number of hydrogen-bond acceptors (Lipinski definition) is 6. The number of anilines is 4. The molecular weight excluding hydrogens is 371 g/mol. The summed E-state index contributed by atoms with van der Waals surface area (Å²) in [6.45, 7) is 1.82. The summed E-state index contributed by atoms with van der Waals surface area (Å²) < 4.78 is 24.5. The number of rotatable bonds is 6. The summed E-state index contributed by atoms with van der Waals surface area (Å²) in [7, 11) is 3.06. The van der Waals surface area contributed by atoms with Gasteiger partial charge in [-0.2, -0.15) is 4.98 Å². The highest BCUT2D eigenvalue weighted by atomic mass is 35.5. The Bertz CT molecular complexity index is 968. The van der Waals surface area contributed by atoms with Gasteiger partial charge in [0.15, 0.2) is 0 Å². The van der Waals surface area contributed by atoms with Crippen molar-refractivity contribution in [3.05, 3.63) is 59.0 Å². The molecule has 8 heteroatoms. The molecule has 0 saturated heterocycles. The van der Waals surface area contributed by atoms with Crippen LogP contribution in [0, 0.1) is 12.7 Å². The largest absolute Gasteiger partial charge is 0.495 e. The molecule has 0 atom stereocenters. The van der Waals surface area contributed by atoms with Crippen molar-refractivity contribution in [1.29, 1.82) is 0 Å². The minimum Gasteiger partial charge on any atom is -0.495 e. The number of nitrogens with zero attached hydrogens (tertiary/aromatic N) is 2. The van der Waals surface area contributed by atoms with Crippen LogP contribution in [0.4, 0.5) is 27.5 Å². The average molecular weight is 389 g/mol. The van der Waals surface area contributed by atoms with Crippen LogP contribution in [0.5, 0.6) is 11.5 Å². The van der Waals surface area contributed by atoms with Gasteiger partial charge in [-0.15, -0.1) is 0 Å². The number of nitrogens with one attached hydrogen (secondary N) is 2. The van der Waals surface area contributed by atoms with Gasteiger partial charge in [0.05, 0.1) is 30.6 Å². The zero-order valence-corrected chi connectivity index (χ0v) is 15.8. The van der Waals surface area contributed by atoms with Crippen LogP contribution in [-0.4, -0.2) is 24.2 Å². The summed E-state index contributed by atoms with van der Waals surface area (Å²) in [6.07, 6.45) is 0. The van der Waals surface area contributed by atoms with E-state index < -0.39 is 0 Å². The minimum absolute atomic E-state index is 0.316. The molecule has 0 fully saturated rings. The molecule has 27 heavy (non-hydrogen) atoms. The molecule has 0 spiro atoms. The summed E-state index contributed by atoms with van der Waals surface area (Å²) >= 11 is 6.13. The molecule has 0 saturated carbocycles. The van der Waals surface area contributed by atoms with E-state index in [4.69, 9.17) is 21.1 Å². The Morgan fingerprint density at radius 3 is 2.37 bits per heavy atom. The molecular formula is C19H18ClFN4O2. The molecule has 0 aliphatic heterocycles. The number of aryl methyl sites for hydroxylation is 1.